The lowest BCUT2D eigenvalue weighted by molar-refractivity contribution is -0.0441. The number of nitrogens with one attached hydrogen (secondary N) is 1. The summed E-state index contributed by atoms with van der Waals surface area (Å²) in [6, 6.07) is 0.560. The Labute approximate surface area is 83.5 Å². The van der Waals surface area contributed by atoms with Gasteiger partial charge < -0.3 is 9.72 Å². The van der Waals surface area contributed by atoms with Gasteiger partial charge in [-0.05, 0) is 13.8 Å². The molecule has 2 heterocycles. The molecule has 1 aliphatic heterocycles. The van der Waals surface area contributed by atoms with Crippen molar-refractivity contribution in [3.63, 3.8) is 0 Å². The largest absolute Gasteiger partial charge is 0.368 e. The molecule has 1 N–H and O–H groups in total. The number of aromatic amines is 1. The molecule has 0 amide bonds. The SMILES string of the molecule is CC(C)N1CCOC(c2nnc[nH]2)C1. The fourth-order valence-electron chi connectivity index (χ4n) is 1.68. The van der Waals surface area contributed by atoms with E-state index < -0.39 is 0 Å². The Bertz CT molecular complexity index is 272. The van der Waals surface area contributed by atoms with Gasteiger partial charge in [-0.25, -0.2) is 0 Å². The molecule has 5 nitrogen and oxygen atoms in total. The summed E-state index contributed by atoms with van der Waals surface area (Å²) in [4.78, 5) is 5.38. The fourth-order valence-corrected chi connectivity index (χ4v) is 1.68. The molecule has 14 heavy (non-hydrogen) atoms. The van der Waals surface area contributed by atoms with E-state index in [1.54, 1.807) is 6.33 Å². The Kier molecular flexibility index (Phi) is 2.79. The highest BCUT2D eigenvalue weighted by atomic mass is 16.5. The van der Waals surface area contributed by atoms with Crippen LogP contribution in [0, 0.1) is 0 Å². The van der Waals surface area contributed by atoms with Gasteiger partial charge in [0, 0.05) is 19.1 Å². The summed E-state index contributed by atoms with van der Waals surface area (Å²) >= 11 is 0. The van der Waals surface area contributed by atoms with Crippen molar-refractivity contribution in [2.45, 2.75) is 26.0 Å². The molecule has 0 radical (unpaired) electrons. The summed E-state index contributed by atoms with van der Waals surface area (Å²) in [6.45, 7) is 7.06. The monoisotopic (exact) mass is 196 g/mol. The third-order valence-electron chi connectivity index (χ3n) is 2.57. The van der Waals surface area contributed by atoms with Crippen LogP contribution < -0.4 is 0 Å². The number of hydrogen-bond donors (Lipinski definition) is 1. The van der Waals surface area contributed by atoms with Crippen LogP contribution in [0.15, 0.2) is 6.33 Å². The number of hydrogen-bond acceptors (Lipinski definition) is 4. The zero-order valence-corrected chi connectivity index (χ0v) is 8.60. The predicted molar refractivity (Wildman–Crippen MR) is 51.8 cm³/mol. The molecule has 1 aromatic heterocycles. The maximum atomic E-state index is 5.63. The van der Waals surface area contributed by atoms with E-state index in [-0.39, 0.29) is 6.10 Å². The zero-order valence-electron chi connectivity index (χ0n) is 8.60. The van der Waals surface area contributed by atoms with Crippen molar-refractivity contribution in [3.8, 4) is 0 Å². The Balaban J connectivity index is 2.01. The number of ether oxygens (including phenoxy) is 1. The number of rotatable bonds is 2. The first kappa shape index (κ1) is 9.61. The van der Waals surface area contributed by atoms with E-state index in [0.29, 0.717) is 6.04 Å². The summed E-state index contributed by atoms with van der Waals surface area (Å²) in [5.41, 5.74) is 0. The Morgan fingerprint density at radius 3 is 3.14 bits per heavy atom. The van der Waals surface area contributed by atoms with Crippen molar-refractivity contribution in [2.24, 2.45) is 0 Å². The van der Waals surface area contributed by atoms with Gasteiger partial charge in [0.25, 0.3) is 0 Å². The average molecular weight is 196 g/mol. The minimum Gasteiger partial charge on any atom is -0.368 e. The molecular weight excluding hydrogens is 180 g/mol. The van der Waals surface area contributed by atoms with Crippen LogP contribution in [0.1, 0.15) is 25.8 Å². The van der Waals surface area contributed by atoms with E-state index in [1.165, 1.54) is 0 Å². The van der Waals surface area contributed by atoms with E-state index in [9.17, 15) is 0 Å². The second-order valence-electron chi connectivity index (χ2n) is 3.82. The summed E-state index contributed by atoms with van der Waals surface area (Å²) in [5.74, 6) is 0.829. The summed E-state index contributed by atoms with van der Waals surface area (Å²) in [6.07, 6.45) is 1.64. The molecule has 1 saturated heterocycles. The first-order valence-electron chi connectivity index (χ1n) is 4.99. The van der Waals surface area contributed by atoms with Gasteiger partial charge in [-0.1, -0.05) is 0 Å². The average Bonchev–Trinajstić information content (AvgIpc) is 2.71. The van der Waals surface area contributed by atoms with Gasteiger partial charge >= 0.3 is 0 Å². The van der Waals surface area contributed by atoms with Gasteiger partial charge in [-0.15, -0.1) is 10.2 Å². The van der Waals surface area contributed by atoms with Gasteiger partial charge in [0.05, 0.1) is 6.61 Å². The van der Waals surface area contributed by atoms with Crippen molar-refractivity contribution in [1.29, 1.82) is 0 Å². The van der Waals surface area contributed by atoms with Crippen LogP contribution in [-0.2, 0) is 4.74 Å². The van der Waals surface area contributed by atoms with E-state index in [0.717, 1.165) is 25.5 Å². The quantitative estimate of drug-likeness (QED) is 0.752. The molecule has 5 heteroatoms. The van der Waals surface area contributed by atoms with Gasteiger partial charge in [0.2, 0.25) is 0 Å². The van der Waals surface area contributed by atoms with Crippen molar-refractivity contribution in [3.05, 3.63) is 12.2 Å². The van der Waals surface area contributed by atoms with Crippen LogP contribution in [0.2, 0.25) is 0 Å². The third kappa shape index (κ3) is 1.93. The standard InChI is InChI=1S/C9H16N4O/c1-7(2)13-3-4-14-8(5-13)9-10-6-11-12-9/h6-8H,3-5H2,1-2H3,(H,10,11,12). The maximum absolute atomic E-state index is 5.63. The lowest BCUT2D eigenvalue weighted by Crippen LogP contribution is -2.42. The zero-order chi connectivity index (χ0) is 9.97. The molecule has 78 valence electrons. The Morgan fingerprint density at radius 2 is 2.50 bits per heavy atom. The number of H-pyrrole nitrogens is 1. The Morgan fingerprint density at radius 1 is 1.64 bits per heavy atom. The van der Waals surface area contributed by atoms with Crippen molar-refractivity contribution < 1.29 is 4.74 Å². The van der Waals surface area contributed by atoms with Gasteiger partial charge in [0.1, 0.15) is 12.4 Å². The number of morpholine rings is 1. The molecule has 0 aromatic carbocycles. The van der Waals surface area contributed by atoms with Gasteiger partial charge in [0.15, 0.2) is 5.82 Å². The molecule has 1 unspecified atom stereocenters. The Hall–Kier alpha value is -0.940. The molecule has 0 aliphatic carbocycles. The van der Waals surface area contributed by atoms with Gasteiger partial charge in [-0.2, -0.15) is 0 Å². The summed E-state index contributed by atoms with van der Waals surface area (Å²) < 4.78 is 5.63. The molecule has 1 atom stereocenters. The highest BCUT2D eigenvalue weighted by Crippen LogP contribution is 2.19. The topological polar surface area (TPSA) is 54.0 Å². The normalized spacial score (nSPS) is 24.4. The van der Waals surface area contributed by atoms with Crippen LogP contribution in [0.3, 0.4) is 0 Å². The minimum atomic E-state index is 0.0497. The van der Waals surface area contributed by atoms with E-state index >= 15 is 0 Å². The van der Waals surface area contributed by atoms with Crippen molar-refractivity contribution in [2.75, 3.05) is 19.7 Å². The van der Waals surface area contributed by atoms with E-state index in [4.69, 9.17) is 4.74 Å². The van der Waals surface area contributed by atoms with E-state index in [2.05, 4.69) is 33.9 Å². The smallest absolute Gasteiger partial charge is 0.160 e. The molecular formula is C9H16N4O. The van der Waals surface area contributed by atoms with Crippen LogP contribution >= 0.6 is 0 Å². The minimum absolute atomic E-state index is 0.0497. The van der Waals surface area contributed by atoms with Crippen LogP contribution in [0.25, 0.3) is 0 Å². The van der Waals surface area contributed by atoms with Crippen LogP contribution in [-0.4, -0.2) is 45.8 Å². The lowest BCUT2D eigenvalue weighted by Gasteiger charge is -2.34. The molecule has 1 aliphatic rings. The molecule has 0 bridgehead atoms. The van der Waals surface area contributed by atoms with Crippen molar-refractivity contribution in [1.82, 2.24) is 20.1 Å². The second kappa shape index (κ2) is 4.06. The van der Waals surface area contributed by atoms with Crippen LogP contribution in [0.5, 0.6) is 0 Å². The summed E-state index contributed by atoms with van der Waals surface area (Å²) in [7, 11) is 0. The molecule has 2 rings (SSSR count). The maximum Gasteiger partial charge on any atom is 0.160 e. The molecule has 1 aromatic rings. The molecule has 0 spiro atoms. The first-order valence-corrected chi connectivity index (χ1v) is 4.99. The fraction of sp³-hybridized carbons (Fsp3) is 0.778. The lowest BCUT2D eigenvalue weighted by atomic mass is 10.2. The number of nitrogens with zero attached hydrogens (tertiary/aromatic N) is 3. The third-order valence-corrected chi connectivity index (χ3v) is 2.57. The molecule has 0 saturated carbocycles. The first-order chi connectivity index (χ1) is 6.77. The van der Waals surface area contributed by atoms with Gasteiger partial charge in [-0.3, -0.25) is 4.90 Å². The van der Waals surface area contributed by atoms with Crippen molar-refractivity contribution >= 4 is 0 Å². The predicted octanol–water partition coefficient (Wildman–Crippen LogP) is 0.586. The second-order valence-corrected chi connectivity index (χ2v) is 3.82. The summed E-state index contributed by atoms with van der Waals surface area (Å²) in [5, 5.41) is 7.74. The highest BCUT2D eigenvalue weighted by Gasteiger charge is 2.25. The number of aromatic nitrogens is 3. The molecule has 1 fully saturated rings. The highest BCUT2D eigenvalue weighted by molar-refractivity contribution is 4.91. The van der Waals surface area contributed by atoms with Crippen LogP contribution in [0.4, 0.5) is 0 Å². The van der Waals surface area contributed by atoms with E-state index in [1.807, 2.05) is 0 Å².